The molecule has 2 aliphatic carbocycles. The fourth-order valence-electron chi connectivity index (χ4n) is 11.3. The van der Waals surface area contributed by atoms with Crippen molar-refractivity contribution >= 4 is 131 Å². The molecule has 27 nitrogen and oxygen atoms in total. The molecule has 3 aromatic carbocycles. The number of esters is 1. The number of likely N-dealkylation sites (tertiary alicyclic amines) is 1. The first-order valence-electron chi connectivity index (χ1n) is 33.7. The predicted molar refractivity (Wildman–Crippen MR) is 386 cm³/mol. The molecule has 5 N–H and O–H groups in total. The van der Waals surface area contributed by atoms with Crippen molar-refractivity contribution in [1.82, 2.24) is 50.2 Å². The van der Waals surface area contributed by atoms with Crippen LogP contribution in [0.1, 0.15) is 212 Å². The van der Waals surface area contributed by atoms with E-state index in [4.69, 9.17) is 89.5 Å². The fraction of sp³-hybridized carbons (Fsp3) is 0.486. The van der Waals surface area contributed by atoms with Gasteiger partial charge in [-0.05, 0) is 122 Å². The summed E-state index contributed by atoms with van der Waals surface area (Å²) in [6, 6.07) is 13.2. The number of ether oxygens (including phenoxy) is 3. The summed E-state index contributed by atoms with van der Waals surface area (Å²) < 4.78 is 34.3. The molecule has 1 aliphatic heterocycles. The van der Waals surface area contributed by atoms with Gasteiger partial charge in [-0.1, -0.05) is 140 Å². The molecule has 0 unspecified atom stereocenters. The molecular weight excluding hydrogens is 1540 g/mol. The maximum Gasteiger partial charge on any atom is 1.00 e. The Morgan fingerprint density at radius 1 is 0.519 bits per heavy atom. The number of amides is 4. The molecule has 0 spiro atoms. The predicted octanol–water partition coefficient (Wildman–Crippen LogP) is 6.18. The van der Waals surface area contributed by atoms with Gasteiger partial charge in [0, 0.05) is 85.8 Å². The molecule has 3 fully saturated rings. The zero-order valence-corrected chi connectivity index (χ0v) is 70.1. The minimum Gasteiger partial charge on any atom is -0.790 e. The largest absolute Gasteiger partial charge is 1.00 e. The molecule has 564 valence electrons. The number of phosphoric ester groups is 1. The van der Waals surface area contributed by atoms with Gasteiger partial charge in [0.1, 0.15) is 24.0 Å². The molecule has 3 aromatic heterocycles. The molecular formula is C70H84Cl6N11Na2O16P. The Balaban J connectivity index is 0.000000285. The molecule has 36 heteroatoms. The Kier molecular flexibility index (Phi) is 35.9. The van der Waals surface area contributed by atoms with Crippen LogP contribution in [-0.4, -0.2) is 136 Å². The normalized spacial score (nSPS) is 14.7. The van der Waals surface area contributed by atoms with Crippen molar-refractivity contribution in [3.8, 4) is 0 Å². The van der Waals surface area contributed by atoms with Crippen molar-refractivity contribution in [2.24, 2.45) is 11.7 Å². The molecule has 1 atom stereocenters. The van der Waals surface area contributed by atoms with Crippen LogP contribution < -0.4 is 90.6 Å². The van der Waals surface area contributed by atoms with Crippen LogP contribution in [0.2, 0.25) is 30.1 Å². The third-order valence-electron chi connectivity index (χ3n) is 16.5. The van der Waals surface area contributed by atoms with Crippen molar-refractivity contribution in [1.29, 1.82) is 0 Å². The summed E-state index contributed by atoms with van der Waals surface area (Å²) in [7, 11) is -5.24. The van der Waals surface area contributed by atoms with Crippen LogP contribution in [0.25, 0.3) is 0 Å². The van der Waals surface area contributed by atoms with E-state index in [0.717, 1.165) is 73.6 Å². The molecule has 6 aromatic rings. The van der Waals surface area contributed by atoms with E-state index in [0.29, 0.717) is 31.5 Å². The van der Waals surface area contributed by atoms with Gasteiger partial charge in [0.05, 0.1) is 54.6 Å². The average molecular weight is 1630 g/mol. The number of benzene rings is 3. The topological polar surface area (TPSA) is 373 Å². The van der Waals surface area contributed by atoms with Gasteiger partial charge in [-0.2, -0.15) is 20.0 Å². The minimum absolute atomic E-state index is 0. The maximum absolute atomic E-state index is 13.3. The number of carbonyl (C=O) groups is 9. The Bertz CT molecular complexity index is 4100. The van der Waals surface area contributed by atoms with Crippen LogP contribution in [0.5, 0.6) is 0 Å². The number of halogens is 6. The van der Waals surface area contributed by atoms with Gasteiger partial charge in [-0.15, -0.1) is 0 Å². The van der Waals surface area contributed by atoms with Gasteiger partial charge in [-0.3, -0.25) is 33.6 Å². The minimum atomic E-state index is -5.24. The summed E-state index contributed by atoms with van der Waals surface area (Å²) in [6.07, 6.45) is 13.1. The summed E-state index contributed by atoms with van der Waals surface area (Å²) in [6.45, 7) is 14.0. The van der Waals surface area contributed by atoms with Gasteiger partial charge >= 0.3 is 77.3 Å². The quantitative estimate of drug-likeness (QED) is 0.0194. The Labute approximate surface area is 689 Å². The molecule has 0 radical (unpaired) electrons. The molecule has 106 heavy (non-hydrogen) atoms. The number of aromatic nitrogens is 6. The van der Waals surface area contributed by atoms with Crippen molar-refractivity contribution in [3.05, 3.63) is 154 Å². The zero-order valence-electron chi connectivity index (χ0n) is 60.7. The summed E-state index contributed by atoms with van der Waals surface area (Å²) in [4.78, 5) is 138. The number of carbonyl (C=O) groups excluding carboxylic acids is 9. The Morgan fingerprint density at radius 2 is 0.849 bits per heavy atom. The first kappa shape index (κ1) is 91.3. The number of nitrogens with two attached hydrogens (primary N) is 1. The number of nitrogens with zero attached hydrogens (tertiary/aromatic N) is 7. The second-order valence-electron chi connectivity index (χ2n) is 27.5. The third kappa shape index (κ3) is 27.9. The second kappa shape index (κ2) is 41.7. The molecule has 2 saturated carbocycles. The van der Waals surface area contributed by atoms with E-state index in [-0.39, 0.29) is 196 Å². The van der Waals surface area contributed by atoms with Crippen LogP contribution in [0, 0.1) is 5.92 Å². The van der Waals surface area contributed by atoms with Crippen LogP contribution in [0.4, 0.5) is 9.59 Å². The number of ketones is 3. The van der Waals surface area contributed by atoms with Gasteiger partial charge in [0.25, 0.3) is 17.7 Å². The summed E-state index contributed by atoms with van der Waals surface area (Å²) in [5.74, 6) is -3.30. The number of hydrogen-bond donors (Lipinski definition) is 4. The molecule has 4 heterocycles. The summed E-state index contributed by atoms with van der Waals surface area (Å²) in [5.41, 5.74) is 5.63. The number of piperidine rings is 1. The van der Waals surface area contributed by atoms with E-state index in [1.54, 1.807) is 88.9 Å². The van der Waals surface area contributed by atoms with E-state index < -0.39 is 73.3 Å². The van der Waals surface area contributed by atoms with Gasteiger partial charge in [0.2, 0.25) is 0 Å². The van der Waals surface area contributed by atoms with Crippen LogP contribution in [0.3, 0.4) is 0 Å². The van der Waals surface area contributed by atoms with E-state index in [1.807, 2.05) is 13.8 Å². The fourth-order valence-corrected chi connectivity index (χ4v) is 13.4. The Hall–Kier alpha value is -5.27. The third-order valence-corrected chi connectivity index (χ3v) is 18.8. The van der Waals surface area contributed by atoms with Crippen LogP contribution in [-0.2, 0) is 60.8 Å². The molecule has 9 rings (SSSR count). The van der Waals surface area contributed by atoms with Gasteiger partial charge in [0.15, 0.2) is 41.2 Å². The number of rotatable bonds is 22. The molecule has 1 saturated heterocycles. The first-order valence-corrected chi connectivity index (χ1v) is 37.4. The number of phosphoric acid groups is 1. The summed E-state index contributed by atoms with van der Waals surface area (Å²) >= 11 is 37.0. The summed E-state index contributed by atoms with van der Waals surface area (Å²) in [5, 5.41) is 22.5. The average Bonchev–Trinajstić information content (AvgIpc) is 1.64. The molecule has 3 aliphatic rings. The molecule has 4 amide bonds. The van der Waals surface area contributed by atoms with Crippen molar-refractivity contribution in [3.63, 3.8) is 0 Å². The van der Waals surface area contributed by atoms with Crippen LogP contribution >= 0.6 is 77.4 Å². The number of hydrogen-bond acceptors (Lipinski definition) is 20. The standard InChI is InChI=1S/C27H34Cl2N4O6.C24H30Cl2N4O4.C19H22Cl2N3O6P.2Na/c1-26(2,3)38-24(36)32-12-10-17(11-13-32)30-23(35)22-16(15-33(31-22)25(37)39-27(4,5)6)14-20(34)21-18(28)8-7-9-19(21)29;1-14(2)21(27)24(33)34-13-30-12-15(11-19(31)20-17(25)9-6-10-18(20)26)22(29-30)23(32)28-16-7-4-3-5-8-16;20-14-7-4-8-15(21)17(14)16(25)9-12-10-24(11-30-31(27,28)29)23-18(12)19(26)22-13-5-2-1-3-6-13;;/h7-9,15,17H,10-14H2,1-6H3,(H,30,35);6,9-10,12,14,16,21H,3-5,7-8,11,13,27H2,1-2H3,(H,28,32);4,7-8,10,13H,1-3,5-6,9,11H2,(H,22,26)(H2,27,28,29);;/q;;;2*+1/p-2/t;21-;;;/m.0.../s1. The smallest absolute Gasteiger partial charge is 0.790 e. The van der Waals surface area contributed by atoms with Crippen molar-refractivity contribution < 1.29 is 135 Å². The van der Waals surface area contributed by atoms with E-state index in [2.05, 4.69) is 35.8 Å². The van der Waals surface area contributed by atoms with E-state index in [9.17, 15) is 57.5 Å². The Morgan fingerprint density at radius 3 is 1.20 bits per heavy atom. The van der Waals surface area contributed by atoms with Crippen molar-refractivity contribution in [2.45, 2.75) is 201 Å². The van der Waals surface area contributed by atoms with E-state index in [1.165, 1.54) is 35.4 Å². The van der Waals surface area contributed by atoms with Crippen molar-refractivity contribution in [2.75, 3.05) is 13.1 Å². The van der Waals surface area contributed by atoms with Gasteiger partial charge in [-0.25, -0.2) is 19.0 Å². The number of Topliss-reactive ketones (excluding diaryl/α,β-unsaturated/α-hetero) is 3. The van der Waals surface area contributed by atoms with Crippen LogP contribution in [0.15, 0.2) is 73.2 Å². The van der Waals surface area contributed by atoms with Gasteiger partial charge < -0.3 is 59.7 Å². The first-order chi connectivity index (χ1) is 48.8. The zero-order chi connectivity index (χ0) is 76.5. The number of nitrogens with one attached hydrogen (secondary N) is 3. The maximum atomic E-state index is 13.3. The second-order valence-corrected chi connectivity index (χ2v) is 31.1. The SMILES string of the molecule is CC(C)(C)OC(=O)N1CCC(NC(=O)c2nn(C(=O)OC(C)(C)C)cc2CC(=O)c2c(Cl)cccc2Cl)CC1.CC(C)[C@H](N)C(=O)OCn1cc(CC(=O)c2c(Cl)cccc2Cl)c(C(=O)NC2CCCCC2)n1.O=C(NC1CCCCC1)c1nn(COP(=O)([O-])[O-])cc1CC(=O)c1c(Cl)cccc1Cl.[Na+].[Na+]. The van der Waals surface area contributed by atoms with E-state index >= 15 is 0 Å². The molecule has 0 bridgehead atoms. The monoisotopic (exact) mass is 1620 g/mol.